The molecule has 10 heteroatoms. The third-order valence-electron chi connectivity index (χ3n) is 6.15. The van der Waals surface area contributed by atoms with Gasteiger partial charge in [-0.25, -0.2) is 23.2 Å². The summed E-state index contributed by atoms with van der Waals surface area (Å²) >= 11 is 2.00. The number of aromatic nitrogens is 3. The monoisotopic (exact) mass is 442 g/mol. The molecule has 160 valence electrons. The van der Waals surface area contributed by atoms with Gasteiger partial charge in [-0.05, 0) is 24.3 Å². The number of urea groups is 1. The lowest BCUT2D eigenvalue weighted by Gasteiger charge is -2.56. The van der Waals surface area contributed by atoms with Crippen molar-refractivity contribution in [2.24, 2.45) is 5.41 Å². The SMILES string of the molecule is O=C(Nc1ccc(F)c(-n2cc3cc(N4CC5(CSC5)C4)cnc3n2)c1)N1CC(F)C1. The van der Waals surface area contributed by atoms with E-state index in [1.165, 1.54) is 39.3 Å². The number of hydrogen-bond acceptors (Lipinski definition) is 5. The highest BCUT2D eigenvalue weighted by molar-refractivity contribution is 8.00. The van der Waals surface area contributed by atoms with Crippen LogP contribution in [-0.2, 0) is 0 Å². The van der Waals surface area contributed by atoms with Crippen LogP contribution in [0.3, 0.4) is 0 Å². The largest absolute Gasteiger partial charge is 0.369 e. The fourth-order valence-electron chi connectivity index (χ4n) is 4.28. The second kappa shape index (κ2) is 6.81. The third-order valence-corrected chi connectivity index (χ3v) is 7.78. The van der Waals surface area contributed by atoms with E-state index in [2.05, 4.69) is 20.3 Å². The molecule has 0 radical (unpaired) electrons. The maximum absolute atomic E-state index is 14.5. The molecule has 0 aliphatic carbocycles. The molecule has 0 bridgehead atoms. The van der Waals surface area contributed by atoms with Crippen LogP contribution in [0.5, 0.6) is 0 Å². The van der Waals surface area contributed by atoms with Crippen molar-refractivity contribution in [3.63, 3.8) is 0 Å². The lowest BCUT2D eigenvalue weighted by atomic mass is 9.82. The molecule has 31 heavy (non-hydrogen) atoms. The van der Waals surface area contributed by atoms with Gasteiger partial charge in [0.2, 0.25) is 0 Å². The molecule has 3 fully saturated rings. The highest BCUT2D eigenvalue weighted by Crippen LogP contribution is 2.46. The Morgan fingerprint density at radius 2 is 2.03 bits per heavy atom. The summed E-state index contributed by atoms with van der Waals surface area (Å²) in [6.45, 7) is 2.26. The first-order chi connectivity index (χ1) is 15.0. The van der Waals surface area contributed by atoms with Crippen molar-refractivity contribution in [3.8, 4) is 5.69 Å². The van der Waals surface area contributed by atoms with Gasteiger partial charge in [0.25, 0.3) is 0 Å². The molecule has 3 aliphatic heterocycles. The van der Waals surface area contributed by atoms with Crippen LogP contribution in [0, 0.1) is 11.2 Å². The predicted molar refractivity (Wildman–Crippen MR) is 116 cm³/mol. The van der Waals surface area contributed by atoms with Gasteiger partial charge in [0.05, 0.1) is 25.0 Å². The molecular weight excluding hydrogens is 422 g/mol. The van der Waals surface area contributed by atoms with Gasteiger partial charge in [-0.2, -0.15) is 11.8 Å². The van der Waals surface area contributed by atoms with E-state index in [1.807, 2.05) is 24.0 Å². The van der Waals surface area contributed by atoms with Gasteiger partial charge >= 0.3 is 6.03 Å². The molecule has 3 aliphatic rings. The summed E-state index contributed by atoms with van der Waals surface area (Å²) in [5.74, 6) is 2.00. The number of thioether (sulfide) groups is 1. The van der Waals surface area contributed by atoms with Crippen molar-refractivity contribution in [3.05, 3.63) is 42.5 Å². The Balaban J connectivity index is 1.24. The average Bonchev–Trinajstić information content (AvgIpc) is 3.08. The number of rotatable bonds is 3. The van der Waals surface area contributed by atoms with E-state index >= 15 is 0 Å². The molecule has 7 nitrogen and oxygen atoms in total. The molecular formula is C21H20F2N6OS. The number of fused-ring (bicyclic) bond motifs is 1. The number of nitrogens with zero attached hydrogens (tertiary/aromatic N) is 5. The molecule has 0 atom stereocenters. The summed E-state index contributed by atoms with van der Waals surface area (Å²) in [7, 11) is 0. The van der Waals surface area contributed by atoms with E-state index in [9.17, 15) is 13.6 Å². The standard InChI is InChI=1S/C21H20F2N6OS/c22-14-7-27(8-14)20(30)25-15-1-2-17(23)18(4-15)29-6-13-3-16(5-24-19(13)26-29)28-9-21(10-28)11-31-12-21/h1-6,14H,7-12H2,(H,25,30). The number of carbonyl (C=O) groups is 1. The minimum Gasteiger partial charge on any atom is -0.369 e. The van der Waals surface area contributed by atoms with Crippen LogP contribution < -0.4 is 10.2 Å². The summed E-state index contributed by atoms with van der Waals surface area (Å²) in [6.07, 6.45) is 2.59. The highest BCUT2D eigenvalue weighted by atomic mass is 32.2. The zero-order valence-electron chi connectivity index (χ0n) is 16.6. The Morgan fingerprint density at radius 3 is 2.74 bits per heavy atom. The minimum atomic E-state index is -0.974. The van der Waals surface area contributed by atoms with Gasteiger partial charge in [0.1, 0.15) is 17.7 Å². The number of likely N-dealkylation sites (tertiary alicyclic amines) is 1. The molecule has 0 saturated carbocycles. The van der Waals surface area contributed by atoms with Crippen LogP contribution >= 0.6 is 11.8 Å². The summed E-state index contributed by atoms with van der Waals surface area (Å²) in [4.78, 5) is 20.3. The van der Waals surface area contributed by atoms with Gasteiger partial charge in [-0.1, -0.05) is 0 Å². The van der Waals surface area contributed by atoms with Crippen molar-refractivity contribution in [2.45, 2.75) is 6.17 Å². The second-order valence-corrected chi connectivity index (χ2v) is 9.61. The number of carbonyl (C=O) groups excluding carboxylic acids is 1. The van der Waals surface area contributed by atoms with Crippen molar-refractivity contribution in [1.29, 1.82) is 0 Å². The van der Waals surface area contributed by atoms with Gasteiger partial charge in [0, 0.05) is 47.3 Å². The molecule has 1 spiro atoms. The number of hydrogen-bond donors (Lipinski definition) is 1. The summed E-state index contributed by atoms with van der Waals surface area (Å²) in [6, 6.07) is 5.90. The van der Waals surface area contributed by atoms with Gasteiger partial charge < -0.3 is 15.1 Å². The van der Waals surface area contributed by atoms with Crippen molar-refractivity contribution < 1.29 is 13.6 Å². The molecule has 2 aromatic heterocycles. The smallest absolute Gasteiger partial charge is 0.322 e. The number of nitrogens with one attached hydrogen (secondary N) is 1. The highest BCUT2D eigenvalue weighted by Gasteiger charge is 2.48. The first-order valence-electron chi connectivity index (χ1n) is 10.2. The second-order valence-electron chi connectivity index (χ2n) is 8.63. The zero-order valence-corrected chi connectivity index (χ0v) is 17.4. The number of amides is 2. The van der Waals surface area contributed by atoms with Gasteiger partial charge in [-0.3, -0.25) is 0 Å². The number of alkyl halides is 1. The van der Waals surface area contributed by atoms with E-state index in [1.54, 1.807) is 6.20 Å². The Morgan fingerprint density at radius 1 is 1.23 bits per heavy atom. The maximum atomic E-state index is 14.5. The number of anilines is 2. The molecule has 6 rings (SSSR count). The first kappa shape index (κ1) is 18.9. The van der Waals surface area contributed by atoms with Crippen LogP contribution in [0.2, 0.25) is 0 Å². The average molecular weight is 442 g/mol. The Kier molecular flexibility index (Phi) is 4.14. The van der Waals surface area contributed by atoms with Crippen molar-refractivity contribution in [1.82, 2.24) is 19.7 Å². The normalized spacial score (nSPS) is 19.8. The number of halogens is 2. The molecule has 2 amide bonds. The Bertz CT molecular complexity index is 1180. The molecule has 5 heterocycles. The molecule has 1 aromatic carbocycles. The van der Waals surface area contributed by atoms with Gasteiger partial charge in [0.15, 0.2) is 5.65 Å². The fourth-order valence-corrected chi connectivity index (χ4v) is 5.43. The van der Waals surface area contributed by atoms with Crippen LogP contribution in [0.1, 0.15) is 0 Å². The molecule has 3 saturated heterocycles. The lowest BCUT2D eigenvalue weighted by molar-refractivity contribution is 0.0974. The summed E-state index contributed by atoms with van der Waals surface area (Å²) in [5, 5.41) is 7.91. The third kappa shape index (κ3) is 3.20. The van der Waals surface area contributed by atoms with E-state index in [0.717, 1.165) is 24.2 Å². The van der Waals surface area contributed by atoms with E-state index < -0.39 is 18.0 Å². The zero-order chi connectivity index (χ0) is 21.2. The Hall–Kier alpha value is -2.88. The molecule has 3 aromatic rings. The Labute approximate surface area is 181 Å². The molecule has 0 unspecified atom stereocenters. The topological polar surface area (TPSA) is 66.3 Å². The van der Waals surface area contributed by atoms with Crippen LogP contribution in [-0.4, -0.2) is 69.6 Å². The van der Waals surface area contributed by atoms with E-state index in [4.69, 9.17) is 0 Å². The van der Waals surface area contributed by atoms with Crippen molar-refractivity contribution in [2.75, 3.05) is 47.9 Å². The summed E-state index contributed by atoms with van der Waals surface area (Å²) in [5.41, 5.74) is 2.69. The minimum absolute atomic E-state index is 0.0788. The van der Waals surface area contributed by atoms with Crippen LogP contribution in [0.15, 0.2) is 36.7 Å². The molecule has 1 N–H and O–H groups in total. The van der Waals surface area contributed by atoms with Gasteiger partial charge in [-0.15, -0.1) is 5.10 Å². The fraction of sp³-hybridized carbons (Fsp3) is 0.381. The summed E-state index contributed by atoms with van der Waals surface area (Å²) < 4.78 is 29.0. The lowest BCUT2D eigenvalue weighted by Crippen LogP contribution is -2.63. The number of benzene rings is 1. The quantitative estimate of drug-likeness (QED) is 0.674. The predicted octanol–water partition coefficient (Wildman–Crippen LogP) is 3.30. The van der Waals surface area contributed by atoms with Crippen molar-refractivity contribution >= 4 is 40.2 Å². The first-order valence-corrected chi connectivity index (χ1v) is 11.3. The maximum Gasteiger partial charge on any atom is 0.322 e. The van der Waals surface area contributed by atoms with Crippen LogP contribution in [0.4, 0.5) is 25.0 Å². The number of pyridine rings is 1. The van der Waals surface area contributed by atoms with E-state index in [-0.39, 0.29) is 18.8 Å². The van der Waals surface area contributed by atoms with Crippen LogP contribution in [0.25, 0.3) is 16.7 Å². The van der Waals surface area contributed by atoms with E-state index in [0.29, 0.717) is 16.7 Å².